The molecule has 0 radical (unpaired) electrons. The van der Waals surface area contributed by atoms with Crippen LogP contribution in [-0.2, 0) is 9.59 Å². The van der Waals surface area contributed by atoms with Gasteiger partial charge in [-0.05, 0) is 42.3 Å². The predicted molar refractivity (Wildman–Crippen MR) is 113 cm³/mol. The predicted octanol–water partition coefficient (Wildman–Crippen LogP) is 3.74. The number of carboxylic acids is 1. The third-order valence-electron chi connectivity index (χ3n) is 4.25. The van der Waals surface area contributed by atoms with E-state index in [1.54, 1.807) is 49.4 Å². The number of carbonyl (C=O) groups excluding carboxylic acids is 1. The zero-order valence-corrected chi connectivity index (χ0v) is 16.7. The number of anilines is 1. The van der Waals surface area contributed by atoms with Crippen LogP contribution in [-0.4, -0.2) is 39.6 Å². The molecule has 1 heterocycles. The molecule has 1 aliphatic rings. The van der Waals surface area contributed by atoms with Crippen molar-refractivity contribution < 1.29 is 24.5 Å². The van der Waals surface area contributed by atoms with Crippen LogP contribution in [0.2, 0.25) is 0 Å². The Morgan fingerprint density at radius 1 is 1.28 bits per heavy atom. The second-order valence-corrected chi connectivity index (χ2v) is 7.35. The quantitative estimate of drug-likeness (QED) is 0.701. The second kappa shape index (κ2) is 8.83. The summed E-state index contributed by atoms with van der Waals surface area (Å²) < 4.78 is 5.10. The van der Waals surface area contributed by atoms with Crippen molar-refractivity contribution in [3.8, 4) is 11.5 Å². The number of amidine groups is 1. The Kier molecular flexibility index (Phi) is 6.23. The number of benzene rings is 2. The molecule has 7 nitrogen and oxygen atoms in total. The highest BCUT2D eigenvalue weighted by atomic mass is 32.2. The molecule has 150 valence electrons. The second-order valence-electron chi connectivity index (χ2n) is 6.18. The third kappa shape index (κ3) is 4.43. The van der Waals surface area contributed by atoms with E-state index < -0.39 is 11.2 Å². The van der Waals surface area contributed by atoms with Gasteiger partial charge in [-0.15, -0.1) is 0 Å². The van der Waals surface area contributed by atoms with Gasteiger partial charge in [-0.3, -0.25) is 14.5 Å². The number of methoxy groups -OCH3 is 1. The number of phenolic OH excluding ortho intramolecular Hbond substituents is 1. The summed E-state index contributed by atoms with van der Waals surface area (Å²) in [6, 6.07) is 13.7. The van der Waals surface area contributed by atoms with E-state index in [0.717, 1.165) is 11.8 Å². The average molecular weight is 412 g/mol. The van der Waals surface area contributed by atoms with Gasteiger partial charge < -0.3 is 14.9 Å². The number of aliphatic imine (C=N–C) groups is 1. The summed E-state index contributed by atoms with van der Waals surface area (Å²) in [5.74, 6) is -1.04. The van der Waals surface area contributed by atoms with Gasteiger partial charge in [0, 0.05) is 0 Å². The first-order valence-corrected chi connectivity index (χ1v) is 9.79. The molecule has 29 heavy (non-hydrogen) atoms. The van der Waals surface area contributed by atoms with E-state index >= 15 is 0 Å². The summed E-state index contributed by atoms with van der Waals surface area (Å²) in [7, 11) is 1.44. The number of aromatic hydroxyl groups is 1. The number of nitrogens with zero attached hydrogens (tertiary/aromatic N) is 2. The fourth-order valence-corrected chi connectivity index (χ4v) is 3.72. The molecule has 2 aromatic carbocycles. The highest BCUT2D eigenvalue weighted by molar-refractivity contribution is 8.15. The lowest BCUT2D eigenvalue weighted by Gasteiger charge is -2.19. The van der Waals surface area contributed by atoms with Crippen molar-refractivity contribution in [1.29, 1.82) is 0 Å². The molecule has 1 unspecified atom stereocenters. The molecule has 8 heteroatoms. The molecular formula is C21H20N2O5S. The van der Waals surface area contributed by atoms with Crippen LogP contribution in [0.25, 0.3) is 6.08 Å². The number of ether oxygens (including phenoxy) is 1. The van der Waals surface area contributed by atoms with Gasteiger partial charge in [0.05, 0.1) is 12.8 Å². The fraction of sp³-hybridized carbons (Fsp3) is 0.190. The molecule has 2 N–H and O–H groups in total. The Bertz CT molecular complexity index is 988. The number of amides is 1. The fourth-order valence-electron chi connectivity index (χ4n) is 2.76. The van der Waals surface area contributed by atoms with E-state index in [4.69, 9.17) is 4.74 Å². The number of hydrogen-bond acceptors (Lipinski definition) is 6. The average Bonchev–Trinajstić information content (AvgIpc) is 3.02. The standard InChI is InChI=1S/C21H20N2O5S/c1-3-18(20(26)27)29-21-22-15(11-13-9-10-16(24)17(12-13)28-2)19(25)23(21)14-7-5-4-6-8-14/h4-12,18,24H,3H2,1-2H3,(H,26,27)/b15-11+. The Labute approximate surface area is 172 Å². The Hall–Kier alpha value is -3.26. The topological polar surface area (TPSA) is 99.4 Å². The van der Waals surface area contributed by atoms with Gasteiger partial charge in [0.25, 0.3) is 5.91 Å². The summed E-state index contributed by atoms with van der Waals surface area (Å²) in [6.45, 7) is 1.77. The Morgan fingerprint density at radius 3 is 2.62 bits per heavy atom. The maximum Gasteiger partial charge on any atom is 0.317 e. The number of aliphatic carboxylic acids is 1. The number of para-hydroxylation sites is 1. The molecule has 1 amide bonds. The van der Waals surface area contributed by atoms with Crippen molar-refractivity contribution in [2.45, 2.75) is 18.6 Å². The molecule has 0 bridgehead atoms. The molecule has 0 fully saturated rings. The normalized spacial score (nSPS) is 16.1. The largest absolute Gasteiger partial charge is 0.504 e. The Balaban J connectivity index is 2.02. The lowest BCUT2D eigenvalue weighted by Crippen LogP contribution is -2.32. The van der Waals surface area contributed by atoms with Crippen LogP contribution in [0, 0.1) is 0 Å². The van der Waals surface area contributed by atoms with Gasteiger partial charge in [0.15, 0.2) is 16.7 Å². The molecule has 3 rings (SSSR count). The van der Waals surface area contributed by atoms with Gasteiger partial charge in [-0.1, -0.05) is 43.0 Å². The van der Waals surface area contributed by atoms with Gasteiger partial charge in [-0.2, -0.15) is 0 Å². The first-order chi connectivity index (χ1) is 13.9. The summed E-state index contributed by atoms with van der Waals surface area (Å²) in [5, 5.41) is 18.8. The maximum absolute atomic E-state index is 13.1. The molecule has 0 saturated heterocycles. The van der Waals surface area contributed by atoms with Crippen molar-refractivity contribution >= 4 is 40.6 Å². The van der Waals surface area contributed by atoms with Crippen LogP contribution >= 0.6 is 11.8 Å². The van der Waals surface area contributed by atoms with Crippen molar-refractivity contribution in [2.75, 3.05) is 12.0 Å². The first-order valence-electron chi connectivity index (χ1n) is 8.91. The minimum absolute atomic E-state index is 0.00898. The third-order valence-corrected chi connectivity index (χ3v) is 5.55. The number of hydrogen-bond donors (Lipinski definition) is 2. The number of thioether (sulfide) groups is 1. The molecule has 1 atom stereocenters. The molecule has 0 spiro atoms. The SMILES string of the molecule is CCC(SC1=N/C(=C/c2ccc(O)c(OC)c2)C(=O)N1c1ccccc1)C(=O)O. The zero-order chi connectivity index (χ0) is 21.0. The van der Waals surface area contributed by atoms with Crippen molar-refractivity contribution in [1.82, 2.24) is 0 Å². The number of rotatable bonds is 6. The van der Waals surface area contributed by atoms with Gasteiger partial charge in [-0.25, -0.2) is 4.99 Å². The van der Waals surface area contributed by atoms with Crippen LogP contribution in [0.15, 0.2) is 59.2 Å². The Morgan fingerprint density at radius 2 is 2.00 bits per heavy atom. The molecule has 0 saturated carbocycles. The van der Waals surface area contributed by atoms with Crippen LogP contribution in [0.1, 0.15) is 18.9 Å². The van der Waals surface area contributed by atoms with Crippen molar-refractivity contribution in [3.63, 3.8) is 0 Å². The summed E-state index contributed by atoms with van der Waals surface area (Å²) in [4.78, 5) is 30.4. The van der Waals surface area contributed by atoms with Crippen molar-refractivity contribution in [2.24, 2.45) is 4.99 Å². The summed E-state index contributed by atoms with van der Waals surface area (Å²) >= 11 is 1.04. The highest BCUT2D eigenvalue weighted by Gasteiger charge is 2.34. The number of phenols is 1. The van der Waals surface area contributed by atoms with Crippen LogP contribution in [0.4, 0.5) is 5.69 Å². The van der Waals surface area contributed by atoms with Crippen LogP contribution in [0.3, 0.4) is 0 Å². The lowest BCUT2D eigenvalue weighted by atomic mass is 10.1. The molecule has 2 aromatic rings. The molecule has 1 aliphatic heterocycles. The lowest BCUT2D eigenvalue weighted by molar-refractivity contribution is -0.136. The van der Waals surface area contributed by atoms with E-state index in [-0.39, 0.29) is 23.1 Å². The van der Waals surface area contributed by atoms with Crippen molar-refractivity contribution in [3.05, 3.63) is 59.8 Å². The minimum atomic E-state index is -0.957. The summed E-state index contributed by atoms with van der Waals surface area (Å²) in [5.41, 5.74) is 1.40. The van der Waals surface area contributed by atoms with E-state index in [1.807, 2.05) is 6.07 Å². The maximum atomic E-state index is 13.1. The van der Waals surface area contributed by atoms with E-state index in [9.17, 15) is 19.8 Å². The van der Waals surface area contributed by atoms with Gasteiger partial charge >= 0.3 is 5.97 Å². The van der Waals surface area contributed by atoms with E-state index in [0.29, 0.717) is 22.8 Å². The van der Waals surface area contributed by atoms with E-state index in [2.05, 4.69) is 4.99 Å². The van der Waals surface area contributed by atoms with Gasteiger partial charge in [0.2, 0.25) is 0 Å². The van der Waals surface area contributed by atoms with Crippen LogP contribution in [0.5, 0.6) is 11.5 Å². The molecule has 0 aliphatic carbocycles. The molecular weight excluding hydrogens is 392 g/mol. The number of carboxylic acid groups (broad SMARTS) is 1. The van der Waals surface area contributed by atoms with Gasteiger partial charge in [0.1, 0.15) is 10.9 Å². The minimum Gasteiger partial charge on any atom is -0.504 e. The van der Waals surface area contributed by atoms with E-state index in [1.165, 1.54) is 18.1 Å². The number of carbonyl (C=O) groups is 2. The molecule has 0 aromatic heterocycles. The first kappa shape index (κ1) is 20.5. The summed E-state index contributed by atoms with van der Waals surface area (Å²) in [6.07, 6.45) is 1.97. The smallest absolute Gasteiger partial charge is 0.317 e. The monoisotopic (exact) mass is 412 g/mol. The zero-order valence-electron chi connectivity index (χ0n) is 15.9. The van der Waals surface area contributed by atoms with Crippen LogP contribution < -0.4 is 9.64 Å². The highest BCUT2D eigenvalue weighted by Crippen LogP contribution is 2.33.